The lowest BCUT2D eigenvalue weighted by molar-refractivity contribution is -0.136. The quantitative estimate of drug-likeness (QED) is 0.869. The van der Waals surface area contributed by atoms with Crippen LogP contribution in [0.15, 0.2) is 36.4 Å². The number of carbonyl (C=O) groups excluding carboxylic acids is 1. The first kappa shape index (κ1) is 18.9. The van der Waals surface area contributed by atoms with E-state index >= 15 is 0 Å². The van der Waals surface area contributed by atoms with Crippen molar-refractivity contribution >= 4 is 5.91 Å². The van der Waals surface area contributed by atoms with Crippen molar-refractivity contribution in [3.8, 4) is 0 Å². The van der Waals surface area contributed by atoms with Crippen molar-refractivity contribution in [3.63, 3.8) is 0 Å². The molecule has 3 aliphatic rings. The van der Waals surface area contributed by atoms with Crippen molar-refractivity contribution < 1.29 is 4.79 Å². The third-order valence-electron chi connectivity index (χ3n) is 7.72. The van der Waals surface area contributed by atoms with Crippen molar-refractivity contribution in [1.29, 1.82) is 0 Å². The van der Waals surface area contributed by atoms with Gasteiger partial charge in [0.15, 0.2) is 0 Å². The van der Waals surface area contributed by atoms with Gasteiger partial charge in [-0.15, -0.1) is 0 Å². The molecule has 0 spiro atoms. The number of piperidine rings is 1. The molecule has 2 aliphatic heterocycles. The van der Waals surface area contributed by atoms with Crippen LogP contribution in [0.1, 0.15) is 49.6 Å². The van der Waals surface area contributed by atoms with Crippen molar-refractivity contribution in [3.05, 3.63) is 53.3 Å². The molecule has 5 atom stereocenters. The van der Waals surface area contributed by atoms with Crippen molar-refractivity contribution in [2.45, 2.75) is 83.6 Å². The molecule has 2 saturated heterocycles. The molecule has 1 N–H and O–H groups in total. The Balaban J connectivity index is 1.45. The molecular formula is C24H32N4O. The lowest BCUT2D eigenvalue weighted by Gasteiger charge is -2.46. The summed E-state index contributed by atoms with van der Waals surface area (Å²) in [7, 11) is 0. The van der Waals surface area contributed by atoms with Crippen LogP contribution in [0.3, 0.4) is 0 Å². The van der Waals surface area contributed by atoms with E-state index < -0.39 is 0 Å². The summed E-state index contributed by atoms with van der Waals surface area (Å²) in [5, 5.41) is 8.53. The molecule has 1 aromatic heterocycles. The van der Waals surface area contributed by atoms with E-state index in [1.54, 1.807) is 0 Å². The lowest BCUT2D eigenvalue weighted by Crippen LogP contribution is -2.58. The molecule has 2 aromatic rings. The summed E-state index contributed by atoms with van der Waals surface area (Å²) in [6.07, 6.45) is 5.66. The standard InChI is InChI=1S/C24H32N4O/c1-16-12-17(2)27(26-16)15-23(29)28-20-14-24(3)21(10-7-11-22(24)28)25-19(20)13-18-8-5-4-6-9-18/h4-6,8-9,12,19-22,25H,7,10-11,13-15H2,1-3H3/t19-,20+,21-,22+,24-/m1/s1. The first-order valence-electron chi connectivity index (χ1n) is 11.1. The number of hydrogen-bond donors (Lipinski definition) is 1. The number of carbonyl (C=O) groups is 1. The maximum absolute atomic E-state index is 13.6. The summed E-state index contributed by atoms with van der Waals surface area (Å²) in [5.74, 6) is 0.234. The van der Waals surface area contributed by atoms with Crippen LogP contribution in [0.25, 0.3) is 0 Å². The molecule has 0 radical (unpaired) electrons. The van der Waals surface area contributed by atoms with Gasteiger partial charge in [0.2, 0.25) is 5.91 Å². The number of rotatable bonds is 4. The van der Waals surface area contributed by atoms with Crippen LogP contribution in [-0.4, -0.2) is 44.8 Å². The predicted octanol–water partition coefficient (Wildman–Crippen LogP) is 3.24. The second-order valence-electron chi connectivity index (χ2n) is 9.63. The summed E-state index contributed by atoms with van der Waals surface area (Å²) < 4.78 is 1.88. The molecule has 1 aliphatic carbocycles. The van der Waals surface area contributed by atoms with E-state index in [2.05, 4.69) is 52.6 Å². The maximum Gasteiger partial charge on any atom is 0.244 e. The van der Waals surface area contributed by atoms with Gasteiger partial charge in [-0.2, -0.15) is 5.10 Å². The predicted molar refractivity (Wildman–Crippen MR) is 114 cm³/mol. The molecule has 29 heavy (non-hydrogen) atoms. The molecule has 5 rings (SSSR count). The number of hydrogen-bond acceptors (Lipinski definition) is 3. The number of benzene rings is 1. The highest BCUT2D eigenvalue weighted by atomic mass is 16.2. The van der Waals surface area contributed by atoms with Gasteiger partial charge in [0.25, 0.3) is 0 Å². The zero-order valence-corrected chi connectivity index (χ0v) is 17.8. The zero-order valence-electron chi connectivity index (χ0n) is 17.8. The molecule has 5 nitrogen and oxygen atoms in total. The zero-order chi connectivity index (χ0) is 20.2. The van der Waals surface area contributed by atoms with Crippen LogP contribution < -0.4 is 5.32 Å². The number of nitrogens with zero attached hydrogens (tertiary/aromatic N) is 3. The number of nitrogens with one attached hydrogen (secondary N) is 1. The van der Waals surface area contributed by atoms with Gasteiger partial charge in [0.1, 0.15) is 6.54 Å². The average molecular weight is 393 g/mol. The topological polar surface area (TPSA) is 50.2 Å². The van der Waals surface area contributed by atoms with Crippen molar-refractivity contribution in [1.82, 2.24) is 20.0 Å². The van der Waals surface area contributed by atoms with Gasteiger partial charge in [-0.3, -0.25) is 9.48 Å². The largest absolute Gasteiger partial charge is 0.333 e. The Morgan fingerprint density at radius 3 is 2.76 bits per heavy atom. The third kappa shape index (κ3) is 3.10. The highest BCUT2D eigenvalue weighted by Crippen LogP contribution is 2.53. The molecule has 5 heteroatoms. The number of aromatic nitrogens is 2. The number of fused-ring (bicyclic) bond motifs is 1. The maximum atomic E-state index is 13.6. The summed E-state index contributed by atoms with van der Waals surface area (Å²) in [4.78, 5) is 15.9. The number of amides is 1. The van der Waals surface area contributed by atoms with Gasteiger partial charge in [-0.1, -0.05) is 37.3 Å². The normalized spacial score (nSPS) is 33.1. The van der Waals surface area contributed by atoms with E-state index in [1.807, 2.05) is 24.6 Å². The van der Waals surface area contributed by atoms with Crippen LogP contribution in [0.5, 0.6) is 0 Å². The lowest BCUT2D eigenvalue weighted by atomic mass is 9.65. The molecule has 1 amide bonds. The Hall–Kier alpha value is -2.14. The Morgan fingerprint density at radius 2 is 2.03 bits per heavy atom. The van der Waals surface area contributed by atoms with E-state index in [4.69, 9.17) is 0 Å². The molecule has 3 fully saturated rings. The van der Waals surface area contributed by atoms with Crippen LogP contribution in [0.2, 0.25) is 0 Å². The minimum atomic E-state index is 0.195. The van der Waals surface area contributed by atoms with Crippen molar-refractivity contribution in [2.75, 3.05) is 0 Å². The molecular weight excluding hydrogens is 360 g/mol. The average Bonchev–Trinajstić information content (AvgIpc) is 3.17. The summed E-state index contributed by atoms with van der Waals surface area (Å²) in [6.45, 7) is 6.79. The molecule has 154 valence electrons. The van der Waals surface area contributed by atoms with Gasteiger partial charge in [-0.05, 0) is 57.6 Å². The van der Waals surface area contributed by atoms with Gasteiger partial charge in [0, 0.05) is 35.3 Å². The fraction of sp³-hybridized carbons (Fsp3) is 0.583. The van der Waals surface area contributed by atoms with Gasteiger partial charge < -0.3 is 10.2 Å². The smallest absolute Gasteiger partial charge is 0.244 e. The van der Waals surface area contributed by atoms with E-state index in [0.717, 1.165) is 30.7 Å². The first-order valence-corrected chi connectivity index (χ1v) is 11.1. The van der Waals surface area contributed by atoms with Gasteiger partial charge >= 0.3 is 0 Å². The Bertz CT molecular complexity index is 907. The molecule has 0 unspecified atom stereocenters. The second-order valence-corrected chi connectivity index (χ2v) is 9.63. The summed E-state index contributed by atoms with van der Waals surface area (Å²) in [6, 6.07) is 14.2. The van der Waals surface area contributed by atoms with E-state index in [-0.39, 0.29) is 17.4 Å². The minimum Gasteiger partial charge on any atom is -0.333 e. The molecule has 2 bridgehead atoms. The van der Waals surface area contributed by atoms with Gasteiger partial charge in [0.05, 0.1) is 5.69 Å². The Labute approximate surface area is 173 Å². The highest BCUT2D eigenvalue weighted by Gasteiger charge is 2.60. The number of likely N-dealkylation sites (tertiary alicyclic amines) is 1. The summed E-state index contributed by atoms with van der Waals surface area (Å²) in [5.41, 5.74) is 3.58. The van der Waals surface area contributed by atoms with E-state index in [0.29, 0.717) is 24.7 Å². The van der Waals surface area contributed by atoms with Gasteiger partial charge in [-0.25, -0.2) is 0 Å². The Kier molecular flexibility index (Phi) is 4.54. The number of aryl methyl sites for hydroxylation is 2. The fourth-order valence-corrected chi connectivity index (χ4v) is 6.37. The SMILES string of the molecule is Cc1cc(C)n(CC(=O)N2[C@H]3CCC[C@H]4N[C@H](Cc5ccccc5)[C@@H]2C[C@@]34C)n1. The van der Waals surface area contributed by atoms with Crippen LogP contribution >= 0.6 is 0 Å². The molecule has 1 saturated carbocycles. The fourth-order valence-electron chi connectivity index (χ4n) is 6.37. The molecule has 1 aromatic carbocycles. The minimum absolute atomic E-state index is 0.195. The first-order chi connectivity index (χ1) is 14.0. The monoisotopic (exact) mass is 392 g/mol. The highest BCUT2D eigenvalue weighted by molar-refractivity contribution is 5.77. The van der Waals surface area contributed by atoms with Crippen molar-refractivity contribution in [2.24, 2.45) is 5.41 Å². The third-order valence-corrected chi connectivity index (χ3v) is 7.72. The van der Waals surface area contributed by atoms with Crippen LogP contribution in [-0.2, 0) is 17.8 Å². The summed E-state index contributed by atoms with van der Waals surface area (Å²) >= 11 is 0. The molecule has 3 heterocycles. The Morgan fingerprint density at radius 1 is 1.24 bits per heavy atom. The second kappa shape index (κ2) is 6.98. The van der Waals surface area contributed by atoms with Crippen LogP contribution in [0.4, 0.5) is 0 Å². The van der Waals surface area contributed by atoms with Crippen LogP contribution in [0, 0.1) is 19.3 Å². The van der Waals surface area contributed by atoms with E-state index in [9.17, 15) is 4.79 Å². The van der Waals surface area contributed by atoms with E-state index in [1.165, 1.54) is 18.4 Å².